The summed E-state index contributed by atoms with van der Waals surface area (Å²) in [7, 11) is 0. The summed E-state index contributed by atoms with van der Waals surface area (Å²) in [6.07, 6.45) is 6.13. The second kappa shape index (κ2) is 12.6. The lowest BCUT2D eigenvalue weighted by atomic mass is 9.59. The van der Waals surface area contributed by atoms with E-state index in [9.17, 15) is 9.59 Å². The number of carbonyl (C=O) groups excluding carboxylic acids is 2. The number of benzene rings is 3. The Morgan fingerprint density at radius 2 is 1.70 bits per heavy atom. The third kappa shape index (κ3) is 6.49. The molecule has 3 aromatic rings. The Kier molecular flexibility index (Phi) is 8.73. The van der Waals surface area contributed by atoms with Crippen LogP contribution in [0.2, 0.25) is 0 Å². The van der Waals surface area contributed by atoms with Crippen molar-refractivity contribution >= 4 is 12.1 Å². The number of carbonyl (C=O) groups is 2. The molecule has 0 unspecified atom stereocenters. The SMILES string of the molecule is CCOc1ccc(CC(=O)Oc2ccc3c(c2)[C@@]2(C)CCCCC[C@@H](C3)[C@@H]2NC(=O)OCc2ccccc2)cc1. The van der Waals surface area contributed by atoms with Crippen LogP contribution in [-0.2, 0) is 34.4 Å². The van der Waals surface area contributed by atoms with Gasteiger partial charge in [0.1, 0.15) is 18.1 Å². The molecule has 0 aromatic heterocycles. The molecule has 210 valence electrons. The van der Waals surface area contributed by atoms with Gasteiger partial charge in [0.05, 0.1) is 13.0 Å². The van der Waals surface area contributed by atoms with Gasteiger partial charge in [0.15, 0.2) is 0 Å². The van der Waals surface area contributed by atoms with E-state index in [1.807, 2.05) is 73.7 Å². The minimum absolute atomic E-state index is 0.0571. The first-order chi connectivity index (χ1) is 19.4. The minimum atomic E-state index is -0.382. The first-order valence-electron chi connectivity index (χ1n) is 14.5. The van der Waals surface area contributed by atoms with E-state index in [4.69, 9.17) is 14.2 Å². The third-order valence-electron chi connectivity index (χ3n) is 8.41. The van der Waals surface area contributed by atoms with Gasteiger partial charge in [-0.05, 0) is 78.6 Å². The highest BCUT2D eigenvalue weighted by Crippen LogP contribution is 2.47. The van der Waals surface area contributed by atoms with E-state index in [1.165, 1.54) is 12.0 Å². The number of hydrogen-bond acceptors (Lipinski definition) is 5. The number of ether oxygens (including phenoxy) is 3. The van der Waals surface area contributed by atoms with E-state index in [0.717, 1.165) is 54.5 Å². The number of esters is 1. The molecule has 3 aromatic carbocycles. The van der Waals surface area contributed by atoms with E-state index in [0.29, 0.717) is 18.3 Å². The van der Waals surface area contributed by atoms with Gasteiger partial charge in [0, 0.05) is 11.5 Å². The van der Waals surface area contributed by atoms with Gasteiger partial charge in [-0.1, -0.05) is 74.7 Å². The third-order valence-corrected chi connectivity index (χ3v) is 8.41. The summed E-state index contributed by atoms with van der Waals surface area (Å²) in [5.74, 6) is 1.35. The molecule has 5 rings (SSSR count). The molecule has 2 aliphatic rings. The fraction of sp³-hybridized carbons (Fsp3) is 0.412. The van der Waals surface area contributed by atoms with Gasteiger partial charge in [0.25, 0.3) is 0 Å². The molecule has 2 aliphatic carbocycles. The van der Waals surface area contributed by atoms with Gasteiger partial charge in [-0.3, -0.25) is 4.79 Å². The summed E-state index contributed by atoms with van der Waals surface area (Å²) >= 11 is 0. The van der Waals surface area contributed by atoms with Crippen molar-refractivity contribution in [1.29, 1.82) is 0 Å². The first kappa shape index (κ1) is 27.8. The Bertz CT molecular complexity index is 1310. The van der Waals surface area contributed by atoms with Crippen LogP contribution in [0.3, 0.4) is 0 Å². The van der Waals surface area contributed by atoms with E-state index in [2.05, 4.69) is 18.3 Å². The largest absolute Gasteiger partial charge is 0.494 e. The lowest BCUT2D eigenvalue weighted by molar-refractivity contribution is -0.133. The molecule has 6 nitrogen and oxygen atoms in total. The van der Waals surface area contributed by atoms with Crippen molar-refractivity contribution in [2.24, 2.45) is 5.92 Å². The number of fused-ring (bicyclic) bond motifs is 4. The number of amides is 1. The van der Waals surface area contributed by atoms with Gasteiger partial charge < -0.3 is 19.5 Å². The molecule has 1 saturated carbocycles. The molecule has 0 aliphatic heterocycles. The fourth-order valence-corrected chi connectivity index (χ4v) is 6.42. The summed E-state index contributed by atoms with van der Waals surface area (Å²) in [6.45, 7) is 5.03. The Hall–Kier alpha value is -3.80. The van der Waals surface area contributed by atoms with Crippen molar-refractivity contribution < 1.29 is 23.8 Å². The molecule has 0 saturated heterocycles. The van der Waals surface area contributed by atoms with Crippen LogP contribution in [0.5, 0.6) is 11.5 Å². The van der Waals surface area contributed by atoms with E-state index >= 15 is 0 Å². The van der Waals surface area contributed by atoms with E-state index < -0.39 is 0 Å². The maximum atomic E-state index is 13.0. The molecule has 3 atom stereocenters. The predicted molar refractivity (Wildman–Crippen MR) is 155 cm³/mol. The lowest BCUT2D eigenvalue weighted by Crippen LogP contribution is -2.57. The summed E-state index contributed by atoms with van der Waals surface area (Å²) in [4.78, 5) is 25.8. The first-order valence-corrected chi connectivity index (χ1v) is 14.5. The Morgan fingerprint density at radius 3 is 2.48 bits per heavy atom. The van der Waals surface area contributed by atoms with Gasteiger partial charge >= 0.3 is 12.1 Å². The van der Waals surface area contributed by atoms with Crippen LogP contribution in [0, 0.1) is 5.92 Å². The van der Waals surface area contributed by atoms with Crippen LogP contribution in [0.1, 0.15) is 68.2 Å². The zero-order valence-corrected chi connectivity index (χ0v) is 23.5. The molecule has 2 bridgehead atoms. The van der Waals surface area contributed by atoms with Crippen molar-refractivity contribution in [3.8, 4) is 11.5 Å². The van der Waals surface area contributed by atoms with Crippen LogP contribution in [-0.4, -0.2) is 24.7 Å². The topological polar surface area (TPSA) is 73.9 Å². The zero-order valence-electron chi connectivity index (χ0n) is 23.5. The smallest absolute Gasteiger partial charge is 0.407 e. The average Bonchev–Trinajstić information content (AvgIpc) is 2.95. The zero-order chi connectivity index (χ0) is 28.0. The van der Waals surface area contributed by atoms with E-state index in [-0.39, 0.29) is 36.5 Å². The quantitative estimate of drug-likeness (QED) is 0.247. The normalized spacial score (nSPS) is 21.8. The standard InChI is InChI=1S/C34H39NO5/c1-3-38-28-16-13-24(14-17-28)20-31(36)40-29-18-15-26-21-27-12-8-5-9-19-34(2,30(26)22-29)32(27)35-33(37)39-23-25-10-6-4-7-11-25/h4,6-7,10-11,13-18,22,27,32H,3,5,8-9,12,19-21,23H2,1-2H3,(H,35,37)/t27-,32-,34+/m0/s1. The van der Waals surface area contributed by atoms with Crippen LogP contribution in [0.15, 0.2) is 72.8 Å². The second-order valence-corrected chi connectivity index (χ2v) is 11.2. The molecule has 6 heteroatoms. The highest BCUT2D eigenvalue weighted by Gasteiger charge is 2.46. The summed E-state index contributed by atoms with van der Waals surface area (Å²) in [5, 5.41) is 3.27. The van der Waals surface area contributed by atoms with E-state index in [1.54, 1.807) is 0 Å². The number of nitrogens with one attached hydrogen (secondary N) is 1. The molecule has 0 heterocycles. The molecule has 1 amide bonds. The van der Waals surface area contributed by atoms with Crippen LogP contribution < -0.4 is 14.8 Å². The predicted octanol–water partition coefficient (Wildman–Crippen LogP) is 6.92. The van der Waals surface area contributed by atoms with Crippen molar-refractivity contribution in [3.63, 3.8) is 0 Å². The monoisotopic (exact) mass is 541 g/mol. The maximum Gasteiger partial charge on any atom is 0.407 e. The molecule has 0 radical (unpaired) electrons. The highest BCUT2D eigenvalue weighted by atomic mass is 16.5. The van der Waals surface area contributed by atoms with Crippen molar-refractivity contribution in [2.45, 2.75) is 76.9 Å². The number of rotatable bonds is 8. The summed E-state index contributed by atoms with van der Waals surface area (Å²) in [6, 6.07) is 23.2. The van der Waals surface area contributed by atoms with Gasteiger partial charge in [-0.25, -0.2) is 4.79 Å². The second-order valence-electron chi connectivity index (χ2n) is 11.2. The van der Waals surface area contributed by atoms with Gasteiger partial charge in [0.2, 0.25) is 0 Å². The Labute approximate surface area is 237 Å². The van der Waals surface area contributed by atoms with Gasteiger partial charge in [-0.15, -0.1) is 0 Å². The molecule has 0 spiro atoms. The maximum absolute atomic E-state index is 13.0. The summed E-state index contributed by atoms with van der Waals surface area (Å²) in [5.41, 5.74) is 3.98. The molecular formula is C34H39NO5. The lowest BCUT2D eigenvalue weighted by Gasteiger charge is -2.49. The van der Waals surface area contributed by atoms with Crippen LogP contribution in [0.4, 0.5) is 4.79 Å². The molecule has 1 fully saturated rings. The minimum Gasteiger partial charge on any atom is -0.494 e. The number of hydrogen-bond donors (Lipinski definition) is 1. The van der Waals surface area contributed by atoms with Crippen molar-refractivity contribution in [1.82, 2.24) is 5.32 Å². The Balaban J connectivity index is 1.31. The van der Waals surface area contributed by atoms with Crippen molar-refractivity contribution in [2.75, 3.05) is 6.61 Å². The average molecular weight is 542 g/mol. The highest BCUT2D eigenvalue weighted by molar-refractivity contribution is 5.75. The van der Waals surface area contributed by atoms with Gasteiger partial charge in [-0.2, -0.15) is 0 Å². The summed E-state index contributed by atoms with van der Waals surface area (Å²) < 4.78 is 16.9. The Morgan fingerprint density at radius 1 is 0.925 bits per heavy atom. The number of alkyl carbamates (subject to hydrolysis) is 1. The molecule has 40 heavy (non-hydrogen) atoms. The molecule has 1 N–H and O–H groups in total. The molecular weight excluding hydrogens is 502 g/mol. The van der Waals surface area contributed by atoms with Crippen molar-refractivity contribution in [3.05, 3.63) is 95.1 Å². The van der Waals surface area contributed by atoms with Crippen LogP contribution >= 0.6 is 0 Å². The van der Waals surface area contributed by atoms with Crippen LogP contribution in [0.25, 0.3) is 0 Å². The fourth-order valence-electron chi connectivity index (χ4n) is 6.42.